The van der Waals surface area contributed by atoms with Crippen LogP contribution in [0.2, 0.25) is 0 Å². The molecule has 16 heavy (non-hydrogen) atoms. The Labute approximate surface area is 92.5 Å². The highest BCUT2D eigenvalue weighted by Gasteiger charge is 2.15. The lowest BCUT2D eigenvalue weighted by Gasteiger charge is -2.09. The van der Waals surface area contributed by atoms with Gasteiger partial charge in [0.1, 0.15) is 0 Å². The molecule has 2 aromatic rings. The largest absolute Gasteiger partial charge is 0.361 e. The molecule has 0 bridgehead atoms. The topological polar surface area (TPSA) is 41.8 Å². The van der Waals surface area contributed by atoms with Crippen LogP contribution in [0.5, 0.6) is 0 Å². The van der Waals surface area contributed by atoms with E-state index in [1.807, 2.05) is 30.5 Å². The number of alkyl halides is 2. The van der Waals surface area contributed by atoms with Crippen LogP contribution in [-0.4, -0.2) is 17.5 Å². The van der Waals surface area contributed by atoms with Crippen LogP contribution in [0, 0.1) is 0 Å². The molecule has 0 radical (unpaired) electrons. The minimum atomic E-state index is -2.44. The molecule has 0 amide bonds. The third kappa shape index (κ3) is 2.22. The van der Waals surface area contributed by atoms with Gasteiger partial charge in [0.05, 0.1) is 6.04 Å². The lowest BCUT2D eigenvalue weighted by atomic mass is 10.1. The molecule has 86 valence electrons. The monoisotopic (exact) mass is 224 g/mol. The Bertz CT molecular complexity index is 465. The van der Waals surface area contributed by atoms with E-state index in [-0.39, 0.29) is 0 Å². The van der Waals surface area contributed by atoms with Crippen LogP contribution in [0.25, 0.3) is 10.9 Å². The second-order valence-corrected chi connectivity index (χ2v) is 3.90. The molecule has 0 aliphatic rings. The highest BCUT2D eigenvalue weighted by atomic mass is 19.3. The van der Waals surface area contributed by atoms with Crippen LogP contribution < -0.4 is 5.73 Å². The van der Waals surface area contributed by atoms with Gasteiger partial charge in [-0.2, -0.15) is 0 Å². The molecule has 1 aromatic heterocycles. The number of rotatable bonds is 4. The highest BCUT2D eigenvalue weighted by molar-refractivity contribution is 5.82. The number of fused-ring (bicyclic) bond motifs is 1. The molecule has 1 unspecified atom stereocenters. The second-order valence-electron chi connectivity index (χ2n) is 3.90. The van der Waals surface area contributed by atoms with Crippen molar-refractivity contribution < 1.29 is 8.78 Å². The predicted molar refractivity (Wildman–Crippen MR) is 60.6 cm³/mol. The van der Waals surface area contributed by atoms with Crippen molar-refractivity contribution in [3.05, 3.63) is 36.0 Å². The summed E-state index contributed by atoms with van der Waals surface area (Å²) >= 11 is 0. The summed E-state index contributed by atoms with van der Waals surface area (Å²) in [6.07, 6.45) is 0.308. The number of hydrogen-bond donors (Lipinski definition) is 2. The van der Waals surface area contributed by atoms with E-state index in [1.54, 1.807) is 0 Å². The van der Waals surface area contributed by atoms with Gasteiger partial charge in [-0.3, -0.25) is 0 Å². The molecular weight excluding hydrogens is 210 g/mol. The first-order valence-corrected chi connectivity index (χ1v) is 5.27. The molecule has 1 heterocycles. The molecular formula is C12H14F2N2. The summed E-state index contributed by atoms with van der Waals surface area (Å²) in [6.45, 7) is 0. The molecule has 1 aromatic carbocycles. The SMILES string of the molecule is NC(CCc1c[nH]c2ccccc12)C(F)F. The van der Waals surface area contributed by atoms with Gasteiger partial charge in [-0.1, -0.05) is 18.2 Å². The third-order valence-electron chi connectivity index (χ3n) is 2.75. The quantitative estimate of drug-likeness (QED) is 0.823. The van der Waals surface area contributed by atoms with E-state index in [1.165, 1.54) is 0 Å². The summed E-state index contributed by atoms with van der Waals surface area (Å²) in [6, 6.07) is 6.79. The first-order valence-electron chi connectivity index (χ1n) is 5.27. The first kappa shape index (κ1) is 11.1. The normalized spacial score (nSPS) is 13.5. The van der Waals surface area contributed by atoms with E-state index < -0.39 is 12.5 Å². The van der Waals surface area contributed by atoms with Gasteiger partial charge in [0.15, 0.2) is 0 Å². The number of aromatic nitrogens is 1. The fourth-order valence-corrected chi connectivity index (χ4v) is 1.79. The Kier molecular flexibility index (Phi) is 3.19. The van der Waals surface area contributed by atoms with Crippen LogP contribution >= 0.6 is 0 Å². The number of nitrogens with one attached hydrogen (secondary N) is 1. The zero-order chi connectivity index (χ0) is 11.5. The highest BCUT2D eigenvalue weighted by Crippen LogP contribution is 2.19. The van der Waals surface area contributed by atoms with Crippen LogP contribution in [0.1, 0.15) is 12.0 Å². The lowest BCUT2D eigenvalue weighted by molar-refractivity contribution is 0.112. The summed E-state index contributed by atoms with van der Waals surface area (Å²) in [5, 5.41) is 1.09. The van der Waals surface area contributed by atoms with E-state index in [2.05, 4.69) is 4.98 Å². The molecule has 0 spiro atoms. The standard InChI is InChI=1S/C12H14F2N2/c13-12(14)10(15)6-5-8-7-16-11-4-2-1-3-9(8)11/h1-4,7,10,12,16H,5-6,15H2. The van der Waals surface area contributed by atoms with Gasteiger partial charge < -0.3 is 10.7 Å². The average Bonchev–Trinajstić information content (AvgIpc) is 2.69. The lowest BCUT2D eigenvalue weighted by Crippen LogP contribution is -2.28. The van der Waals surface area contributed by atoms with Crippen LogP contribution in [0.4, 0.5) is 8.78 Å². The maximum atomic E-state index is 12.2. The fraction of sp³-hybridized carbons (Fsp3) is 0.333. The predicted octanol–water partition coefficient (Wildman–Crippen LogP) is 2.69. The Hall–Kier alpha value is -1.42. The van der Waals surface area contributed by atoms with Gasteiger partial charge in [-0.05, 0) is 24.5 Å². The van der Waals surface area contributed by atoms with Crippen molar-refractivity contribution in [1.29, 1.82) is 0 Å². The molecule has 0 saturated carbocycles. The van der Waals surface area contributed by atoms with Crippen molar-refractivity contribution in [3.63, 3.8) is 0 Å². The average molecular weight is 224 g/mol. The summed E-state index contributed by atoms with van der Waals surface area (Å²) < 4.78 is 24.5. The zero-order valence-electron chi connectivity index (χ0n) is 8.79. The summed E-state index contributed by atoms with van der Waals surface area (Å²) in [4.78, 5) is 3.11. The van der Waals surface area contributed by atoms with Crippen LogP contribution in [-0.2, 0) is 6.42 Å². The Morgan fingerprint density at radius 2 is 2.00 bits per heavy atom. The molecule has 0 aliphatic carbocycles. The van der Waals surface area contributed by atoms with Gasteiger partial charge >= 0.3 is 0 Å². The second kappa shape index (κ2) is 4.61. The molecule has 2 nitrogen and oxygen atoms in total. The molecule has 1 atom stereocenters. The van der Waals surface area contributed by atoms with E-state index in [9.17, 15) is 8.78 Å². The molecule has 4 heteroatoms. The van der Waals surface area contributed by atoms with Gasteiger partial charge in [0.25, 0.3) is 6.43 Å². The molecule has 0 fully saturated rings. The summed E-state index contributed by atoms with van der Waals surface area (Å²) in [5.41, 5.74) is 7.40. The number of aromatic amines is 1. The van der Waals surface area contributed by atoms with Crippen molar-refractivity contribution in [2.45, 2.75) is 25.3 Å². The molecule has 0 aliphatic heterocycles. The van der Waals surface area contributed by atoms with Gasteiger partial charge in [-0.25, -0.2) is 8.78 Å². The molecule has 0 saturated heterocycles. The van der Waals surface area contributed by atoms with Gasteiger partial charge in [0, 0.05) is 17.1 Å². The molecule has 3 N–H and O–H groups in total. The summed E-state index contributed by atoms with van der Waals surface area (Å²) in [7, 11) is 0. The number of benzene rings is 1. The van der Waals surface area contributed by atoms with E-state index in [4.69, 9.17) is 5.73 Å². The Morgan fingerprint density at radius 1 is 1.25 bits per heavy atom. The smallest absolute Gasteiger partial charge is 0.253 e. The number of nitrogens with two attached hydrogens (primary N) is 1. The fourth-order valence-electron chi connectivity index (χ4n) is 1.79. The minimum absolute atomic E-state index is 0.305. The maximum Gasteiger partial charge on any atom is 0.253 e. The van der Waals surface area contributed by atoms with E-state index >= 15 is 0 Å². The molecule has 2 rings (SSSR count). The van der Waals surface area contributed by atoms with Crippen molar-refractivity contribution in [2.75, 3.05) is 0 Å². The van der Waals surface area contributed by atoms with Crippen molar-refractivity contribution >= 4 is 10.9 Å². The van der Waals surface area contributed by atoms with Gasteiger partial charge in [0.2, 0.25) is 0 Å². The van der Waals surface area contributed by atoms with Crippen molar-refractivity contribution in [2.24, 2.45) is 5.73 Å². The Balaban J connectivity index is 2.10. The first-order chi connectivity index (χ1) is 7.68. The number of aryl methyl sites for hydroxylation is 1. The van der Waals surface area contributed by atoms with Crippen LogP contribution in [0.15, 0.2) is 30.5 Å². The maximum absolute atomic E-state index is 12.2. The van der Waals surface area contributed by atoms with E-state index in [0.29, 0.717) is 12.8 Å². The number of para-hydroxylation sites is 1. The zero-order valence-corrected chi connectivity index (χ0v) is 8.79. The van der Waals surface area contributed by atoms with Crippen molar-refractivity contribution in [1.82, 2.24) is 4.98 Å². The Morgan fingerprint density at radius 3 is 2.75 bits per heavy atom. The van der Waals surface area contributed by atoms with E-state index in [0.717, 1.165) is 16.5 Å². The number of hydrogen-bond acceptors (Lipinski definition) is 1. The minimum Gasteiger partial charge on any atom is -0.361 e. The van der Waals surface area contributed by atoms with Crippen LogP contribution in [0.3, 0.4) is 0 Å². The van der Waals surface area contributed by atoms with Crippen molar-refractivity contribution in [3.8, 4) is 0 Å². The van der Waals surface area contributed by atoms with Gasteiger partial charge in [-0.15, -0.1) is 0 Å². The number of halogens is 2. The third-order valence-corrected chi connectivity index (χ3v) is 2.75. The summed E-state index contributed by atoms with van der Waals surface area (Å²) in [5.74, 6) is 0. The number of H-pyrrole nitrogens is 1.